The second-order valence-corrected chi connectivity index (χ2v) is 15.6. The van der Waals surface area contributed by atoms with E-state index in [9.17, 15) is 0 Å². The first-order valence-electron chi connectivity index (χ1n) is 16.9. The van der Waals surface area contributed by atoms with Gasteiger partial charge in [0.05, 0.1) is 26.9 Å². The van der Waals surface area contributed by atoms with Crippen molar-refractivity contribution in [3.63, 3.8) is 0 Å². The summed E-state index contributed by atoms with van der Waals surface area (Å²) in [6.45, 7) is 0. The molecule has 2 aromatic heterocycles. The monoisotopic (exact) mass is 658 g/mol. The predicted octanol–water partition coefficient (Wildman–Crippen LogP) is 12.8. The Bertz CT molecular complexity index is 2910. The third kappa shape index (κ3) is 3.50. The van der Waals surface area contributed by atoms with Crippen LogP contribution in [-0.2, 0) is 0 Å². The van der Waals surface area contributed by atoms with Gasteiger partial charge in [-0.05, 0) is 86.1 Å². The summed E-state index contributed by atoms with van der Waals surface area (Å²) in [5.74, 6) is 0.329. The van der Waals surface area contributed by atoms with Crippen LogP contribution in [-0.4, -0.2) is 9.55 Å². The molecule has 0 amide bonds. The SMILES string of the molecule is C1=CC2c3cc(-c4nc5ccccc5s4)c(-n4c5cccc6c5c5c7c(cccc7ccc54)-c4ccccc4-6)cc3SC2c2ccccc21. The van der Waals surface area contributed by atoms with Crippen LogP contribution in [0.1, 0.15) is 27.9 Å². The number of hydrogen-bond acceptors (Lipinski definition) is 3. The Morgan fingerprint density at radius 2 is 1.33 bits per heavy atom. The Morgan fingerprint density at radius 1 is 0.571 bits per heavy atom. The summed E-state index contributed by atoms with van der Waals surface area (Å²) in [5, 5.41) is 6.72. The molecule has 3 aliphatic rings. The smallest absolute Gasteiger partial charge is 0.126 e. The van der Waals surface area contributed by atoms with E-state index in [1.807, 2.05) is 11.8 Å². The first kappa shape index (κ1) is 26.5. The van der Waals surface area contributed by atoms with Crippen molar-refractivity contribution >= 4 is 72.0 Å². The van der Waals surface area contributed by atoms with Crippen LogP contribution >= 0.6 is 23.1 Å². The van der Waals surface area contributed by atoms with E-state index < -0.39 is 0 Å². The lowest BCUT2D eigenvalue weighted by molar-refractivity contribution is 0.818. The summed E-state index contributed by atoms with van der Waals surface area (Å²) in [6, 6.07) is 49.7. The van der Waals surface area contributed by atoms with Gasteiger partial charge in [0.1, 0.15) is 5.01 Å². The zero-order valence-electron chi connectivity index (χ0n) is 26.2. The van der Waals surface area contributed by atoms with Gasteiger partial charge in [-0.25, -0.2) is 4.98 Å². The molecule has 1 aliphatic heterocycles. The normalized spacial score (nSPS) is 16.8. The van der Waals surface area contributed by atoms with Crippen molar-refractivity contribution in [2.75, 3.05) is 0 Å². The van der Waals surface area contributed by atoms with Crippen LogP contribution in [0.5, 0.6) is 0 Å². The van der Waals surface area contributed by atoms with E-state index in [1.54, 1.807) is 11.3 Å². The third-order valence-corrected chi connectivity index (χ3v) is 13.4. The van der Waals surface area contributed by atoms with Gasteiger partial charge in [0.15, 0.2) is 0 Å². The number of hydrogen-bond donors (Lipinski definition) is 0. The number of aromatic nitrogens is 2. The van der Waals surface area contributed by atoms with Crippen molar-refractivity contribution in [1.82, 2.24) is 9.55 Å². The summed E-state index contributed by atoms with van der Waals surface area (Å²) < 4.78 is 3.76. The number of nitrogens with zero attached hydrogens (tertiary/aromatic N) is 2. The molecule has 3 heterocycles. The van der Waals surface area contributed by atoms with Crippen LogP contribution in [0.15, 0.2) is 144 Å². The van der Waals surface area contributed by atoms with Crippen LogP contribution in [0.4, 0.5) is 0 Å². The van der Waals surface area contributed by atoms with Gasteiger partial charge in [-0.3, -0.25) is 0 Å². The van der Waals surface area contributed by atoms with Gasteiger partial charge in [-0.1, -0.05) is 109 Å². The maximum atomic E-state index is 5.28. The minimum Gasteiger partial charge on any atom is -0.308 e. The van der Waals surface area contributed by atoms with E-state index in [-0.39, 0.29) is 0 Å². The summed E-state index contributed by atoms with van der Waals surface area (Å²) in [4.78, 5) is 6.64. The Labute approximate surface area is 291 Å². The van der Waals surface area contributed by atoms with Gasteiger partial charge in [0.25, 0.3) is 0 Å². The quantitative estimate of drug-likeness (QED) is 0.184. The highest BCUT2D eigenvalue weighted by Crippen LogP contribution is 2.59. The minimum absolute atomic E-state index is 0.329. The summed E-state index contributed by atoms with van der Waals surface area (Å²) in [5.41, 5.74) is 15.3. The Morgan fingerprint density at radius 3 is 2.22 bits per heavy atom. The van der Waals surface area contributed by atoms with E-state index in [0.717, 1.165) is 10.5 Å². The molecule has 0 radical (unpaired) electrons. The fourth-order valence-electron chi connectivity index (χ4n) is 8.84. The highest BCUT2D eigenvalue weighted by molar-refractivity contribution is 8.00. The molecule has 2 aliphatic carbocycles. The number of para-hydroxylation sites is 1. The molecule has 2 nitrogen and oxygen atoms in total. The molecule has 0 saturated heterocycles. The predicted molar refractivity (Wildman–Crippen MR) is 208 cm³/mol. The number of thioether (sulfide) groups is 1. The first-order valence-corrected chi connectivity index (χ1v) is 18.6. The van der Waals surface area contributed by atoms with Gasteiger partial charge in [-0.2, -0.15) is 0 Å². The van der Waals surface area contributed by atoms with Crippen LogP contribution < -0.4 is 0 Å². The molecular formula is C45H26N2S2. The largest absolute Gasteiger partial charge is 0.308 e. The molecule has 0 fully saturated rings. The first-order chi connectivity index (χ1) is 24.3. The fraction of sp³-hybridized carbons (Fsp3) is 0.0444. The molecular weight excluding hydrogens is 633 g/mol. The van der Waals surface area contributed by atoms with Gasteiger partial charge in [0.2, 0.25) is 0 Å². The van der Waals surface area contributed by atoms with Crippen molar-refractivity contribution in [2.45, 2.75) is 16.1 Å². The standard InChI is InChI=1S/C45H26N2S2/c1-2-11-27-25(9-1)19-21-32-33-23-34(45-46-35-16-5-6-18-39(35)49-45)38(24-40(33)48-44(27)32)47-36-17-8-15-31-29-13-4-3-12-28(29)30-14-7-10-26-20-22-37(47)43(41(26)30)42(31)36/h1-24,32,44H. The number of thiazole rings is 1. The highest BCUT2D eigenvalue weighted by atomic mass is 32.2. The summed E-state index contributed by atoms with van der Waals surface area (Å²) in [6.07, 6.45) is 4.75. The fourth-order valence-corrected chi connectivity index (χ4v) is 11.3. The minimum atomic E-state index is 0.329. The molecule has 9 aromatic rings. The zero-order valence-corrected chi connectivity index (χ0v) is 27.9. The maximum Gasteiger partial charge on any atom is 0.126 e. The topological polar surface area (TPSA) is 17.8 Å². The highest BCUT2D eigenvalue weighted by Gasteiger charge is 2.37. The van der Waals surface area contributed by atoms with E-state index in [4.69, 9.17) is 4.98 Å². The Hall–Kier alpha value is -5.42. The van der Waals surface area contributed by atoms with Gasteiger partial charge in [0, 0.05) is 32.4 Å². The van der Waals surface area contributed by atoms with Crippen molar-refractivity contribution < 1.29 is 0 Å². The van der Waals surface area contributed by atoms with Crippen molar-refractivity contribution in [2.24, 2.45) is 0 Å². The van der Waals surface area contributed by atoms with E-state index in [1.165, 1.54) is 92.4 Å². The molecule has 7 aromatic carbocycles. The van der Waals surface area contributed by atoms with Crippen LogP contribution in [0.2, 0.25) is 0 Å². The van der Waals surface area contributed by atoms with Crippen LogP contribution in [0.3, 0.4) is 0 Å². The third-order valence-electron chi connectivity index (χ3n) is 10.9. The summed E-state index contributed by atoms with van der Waals surface area (Å²) in [7, 11) is 0. The second kappa shape index (κ2) is 9.60. The van der Waals surface area contributed by atoms with Crippen molar-refractivity contribution in [3.8, 4) is 38.5 Å². The van der Waals surface area contributed by atoms with Crippen LogP contribution in [0.25, 0.3) is 87.4 Å². The number of allylic oxidation sites excluding steroid dienone is 1. The van der Waals surface area contributed by atoms with Crippen molar-refractivity contribution in [3.05, 3.63) is 156 Å². The maximum absolute atomic E-state index is 5.28. The molecule has 49 heavy (non-hydrogen) atoms. The zero-order chi connectivity index (χ0) is 31.8. The molecule has 0 bridgehead atoms. The lowest BCUT2D eigenvalue weighted by Crippen LogP contribution is -2.06. The van der Waals surface area contributed by atoms with E-state index >= 15 is 0 Å². The van der Waals surface area contributed by atoms with E-state index in [0.29, 0.717) is 11.2 Å². The van der Waals surface area contributed by atoms with Crippen LogP contribution in [0, 0.1) is 0 Å². The number of fused-ring (bicyclic) bond motifs is 9. The second-order valence-electron chi connectivity index (χ2n) is 13.4. The lowest BCUT2D eigenvalue weighted by Gasteiger charge is -2.23. The molecule has 0 N–H and O–H groups in total. The molecule has 2 atom stereocenters. The molecule has 228 valence electrons. The lowest BCUT2D eigenvalue weighted by atomic mass is 9.84. The van der Waals surface area contributed by atoms with Crippen molar-refractivity contribution in [1.29, 1.82) is 0 Å². The molecule has 0 spiro atoms. The molecule has 2 unspecified atom stereocenters. The number of benzene rings is 7. The molecule has 12 rings (SSSR count). The molecule has 4 heteroatoms. The average molecular weight is 659 g/mol. The van der Waals surface area contributed by atoms with Gasteiger partial charge >= 0.3 is 0 Å². The summed E-state index contributed by atoms with van der Waals surface area (Å²) >= 11 is 3.82. The van der Waals surface area contributed by atoms with E-state index in [2.05, 4.69) is 150 Å². The van der Waals surface area contributed by atoms with Gasteiger partial charge < -0.3 is 4.57 Å². The van der Waals surface area contributed by atoms with Gasteiger partial charge in [-0.15, -0.1) is 23.1 Å². The molecule has 0 saturated carbocycles. The average Bonchev–Trinajstić information content (AvgIpc) is 3.83. The number of rotatable bonds is 2. The Balaban J connectivity index is 1.21. The Kier molecular flexibility index (Phi) is 5.20.